The van der Waals surface area contributed by atoms with Crippen molar-refractivity contribution in [2.75, 3.05) is 0 Å². The summed E-state index contributed by atoms with van der Waals surface area (Å²) in [4.78, 5) is 10.4. The van der Waals surface area contributed by atoms with E-state index in [1.54, 1.807) is 0 Å². The normalized spacial score (nSPS) is 11.2. The fraction of sp³-hybridized carbons (Fsp3) is 0. The molecular weight excluding hydrogens is 756 g/mol. The molecule has 5 heteroatoms. The van der Waals surface area contributed by atoms with Gasteiger partial charge in [-0.25, -0.2) is 15.5 Å². The van der Waals surface area contributed by atoms with E-state index in [1.165, 1.54) is 0 Å². The molecule has 0 atom stereocenters. The van der Waals surface area contributed by atoms with Crippen LogP contribution in [0.2, 0.25) is 0 Å². The summed E-state index contributed by atoms with van der Waals surface area (Å²) in [6.07, 6.45) is 1.86. The maximum atomic E-state index is 5.50. The molecule has 4 nitrogen and oxygen atoms in total. The summed E-state index contributed by atoms with van der Waals surface area (Å²) in [6.45, 7) is 0. The number of rotatable bonds is 5. The number of nitrogens with zero attached hydrogens (tertiary/aromatic N) is 4. The molecule has 47 heavy (non-hydrogen) atoms. The van der Waals surface area contributed by atoms with Crippen LogP contribution in [0.4, 0.5) is 0 Å². The summed E-state index contributed by atoms with van der Waals surface area (Å²) in [6, 6.07) is 59.4. The van der Waals surface area contributed by atoms with Crippen LogP contribution in [0.5, 0.6) is 0 Å². The quantitative estimate of drug-likeness (QED) is 0.163. The minimum absolute atomic E-state index is 0. The fourth-order valence-electron chi connectivity index (χ4n) is 6.56. The molecule has 0 fully saturated rings. The van der Waals surface area contributed by atoms with Crippen LogP contribution in [-0.2, 0) is 21.1 Å². The van der Waals surface area contributed by atoms with Crippen molar-refractivity contribution in [2.24, 2.45) is 0 Å². The molecule has 6 aromatic carbocycles. The molecule has 0 spiro atoms. The summed E-state index contributed by atoms with van der Waals surface area (Å²) >= 11 is 0. The van der Waals surface area contributed by atoms with Crippen LogP contribution < -0.4 is 0 Å². The predicted octanol–water partition coefficient (Wildman–Crippen LogP) is 10.1. The zero-order valence-electron chi connectivity index (χ0n) is 25.1. The van der Waals surface area contributed by atoms with E-state index < -0.39 is 0 Å². The molecule has 0 saturated heterocycles. The van der Waals surface area contributed by atoms with Crippen molar-refractivity contribution < 1.29 is 21.1 Å². The van der Waals surface area contributed by atoms with Crippen molar-refractivity contribution in [3.05, 3.63) is 170 Å². The molecule has 0 N–H and O–H groups in total. The Morgan fingerprint density at radius 2 is 1.21 bits per heavy atom. The minimum atomic E-state index is 0. The first-order valence-corrected chi connectivity index (χ1v) is 15.4. The summed E-state index contributed by atoms with van der Waals surface area (Å²) in [5.74, 6) is 0.781. The van der Waals surface area contributed by atoms with Gasteiger partial charge in [0.1, 0.15) is 5.65 Å². The van der Waals surface area contributed by atoms with Crippen LogP contribution in [0.25, 0.3) is 78.0 Å². The summed E-state index contributed by atoms with van der Waals surface area (Å²) in [7, 11) is 0. The van der Waals surface area contributed by atoms with Gasteiger partial charge in [0, 0.05) is 22.5 Å². The Bertz CT molecular complexity index is 2480. The van der Waals surface area contributed by atoms with Gasteiger partial charge in [-0.1, -0.05) is 84.4 Å². The number of pyridine rings is 1. The van der Waals surface area contributed by atoms with Crippen molar-refractivity contribution >= 4 is 33.0 Å². The first kappa shape index (κ1) is 28.9. The standard InChI is InChI=1S/C42H26N4.Pt/c1-3-14-29(15-4-1)31-18-11-19-32(28-31)34-22-12-26-39-40(34)44-42(45(39)37-24-9-7-20-33(37)30-16-5-2-6-17-30)46-38-25-10-8-21-35(38)36-23-13-27-43-41(36)46;/h1-14,16-27H;/q-2;+2. The molecule has 0 aliphatic heterocycles. The smallest absolute Gasteiger partial charge is 0.278 e. The third-order valence-corrected chi connectivity index (χ3v) is 8.62. The van der Waals surface area contributed by atoms with Gasteiger partial charge in [-0.2, -0.15) is 42.0 Å². The zero-order valence-corrected chi connectivity index (χ0v) is 27.4. The van der Waals surface area contributed by atoms with Crippen molar-refractivity contribution in [2.45, 2.75) is 0 Å². The largest absolute Gasteiger partial charge is 2.00 e. The number of imidazole rings is 1. The van der Waals surface area contributed by atoms with Crippen LogP contribution in [0, 0.1) is 12.1 Å². The van der Waals surface area contributed by atoms with E-state index in [9.17, 15) is 0 Å². The molecule has 0 saturated carbocycles. The molecule has 0 radical (unpaired) electrons. The van der Waals surface area contributed by atoms with Gasteiger partial charge >= 0.3 is 21.1 Å². The SMILES string of the molecule is [Pt+2].[c-]1ccccc1-c1[c-]c(-c2cccc3c2nc(-n2c4ccccc4c4cccnc42)n3-c2ccccc2-c2ccccc2)ccc1. The molecule has 0 aliphatic carbocycles. The Balaban J connectivity index is 0.00000324. The van der Waals surface area contributed by atoms with Gasteiger partial charge in [0.15, 0.2) is 0 Å². The van der Waals surface area contributed by atoms with E-state index in [0.29, 0.717) is 0 Å². The average Bonchev–Trinajstić information content (AvgIpc) is 3.68. The van der Waals surface area contributed by atoms with Crippen molar-refractivity contribution in [3.8, 4) is 45.0 Å². The van der Waals surface area contributed by atoms with Gasteiger partial charge < -0.3 is 0 Å². The van der Waals surface area contributed by atoms with Gasteiger partial charge in [0.05, 0.1) is 22.2 Å². The van der Waals surface area contributed by atoms with Gasteiger partial charge in [-0.3, -0.25) is 9.13 Å². The zero-order chi connectivity index (χ0) is 30.5. The van der Waals surface area contributed by atoms with Crippen LogP contribution in [0.15, 0.2) is 158 Å². The Labute approximate surface area is 286 Å². The summed E-state index contributed by atoms with van der Waals surface area (Å²) in [5.41, 5.74) is 11.1. The molecule has 224 valence electrons. The first-order valence-electron chi connectivity index (χ1n) is 15.4. The number of aromatic nitrogens is 4. The Morgan fingerprint density at radius 1 is 0.511 bits per heavy atom. The maximum absolute atomic E-state index is 5.50. The molecular formula is C42H26N4Pt. The second-order valence-corrected chi connectivity index (χ2v) is 11.3. The third-order valence-electron chi connectivity index (χ3n) is 8.62. The second kappa shape index (κ2) is 12.0. The van der Waals surface area contributed by atoms with Gasteiger partial charge in [0.2, 0.25) is 5.95 Å². The monoisotopic (exact) mass is 781 g/mol. The van der Waals surface area contributed by atoms with Gasteiger partial charge in [-0.05, 0) is 35.9 Å². The molecule has 9 rings (SSSR count). The number of benzene rings is 6. The molecule has 0 unspecified atom stereocenters. The molecule has 3 heterocycles. The van der Waals surface area contributed by atoms with Gasteiger partial charge in [-0.15, -0.1) is 23.8 Å². The molecule has 9 aromatic rings. The van der Waals surface area contributed by atoms with Crippen LogP contribution in [-0.4, -0.2) is 19.1 Å². The van der Waals surface area contributed by atoms with E-state index in [4.69, 9.17) is 9.97 Å². The van der Waals surface area contributed by atoms with Crippen molar-refractivity contribution in [1.82, 2.24) is 19.1 Å². The minimum Gasteiger partial charge on any atom is -0.278 e. The maximum Gasteiger partial charge on any atom is 2.00 e. The Kier molecular flexibility index (Phi) is 7.36. The number of fused-ring (bicyclic) bond motifs is 4. The van der Waals surface area contributed by atoms with E-state index in [-0.39, 0.29) is 21.1 Å². The third kappa shape index (κ3) is 4.81. The Morgan fingerprint density at radius 3 is 2.11 bits per heavy atom. The van der Waals surface area contributed by atoms with Crippen LogP contribution >= 0.6 is 0 Å². The van der Waals surface area contributed by atoms with Crippen molar-refractivity contribution in [3.63, 3.8) is 0 Å². The first-order chi connectivity index (χ1) is 22.8. The van der Waals surface area contributed by atoms with E-state index in [2.05, 4.69) is 149 Å². The average molecular weight is 782 g/mol. The number of hydrogen-bond acceptors (Lipinski definition) is 2. The molecule has 0 bridgehead atoms. The van der Waals surface area contributed by atoms with E-state index in [1.807, 2.05) is 30.5 Å². The summed E-state index contributed by atoms with van der Waals surface area (Å²) < 4.78 is 4.49. The van der Waals surface area contributed by atoms with Crippen LogP contribution in [0.1, 0.15) is 0 Å². The topological polar surface area (TPSA) is 35.6 Å². The van der Waals surface area contributed by atoms with E-state index >= 15 is 0 Å². The number of para-hydroxylation sites is 3. The van der Waals surface area contributed by atoms with Crippen LogP contribution in [0.3, 0.4) is 0 Å². The van der Waals surface area contributed by atoms with Crippen molar-refractivity contribution in [1.29, 1.82) is 0 Å². The predicted molar refractivity (Wildman–Crippen MR) is 187 cm³/mol. The second-order valence-electron chi connectivity index (χ2n) is 11.3. The summed E-state index contributed by atoms with van der Waals surface area (Å²) in [5, 5.41) is 2.23. The molecule has 0 aliphatic rings. The molecule has 3 aromatic heterocycles. The Hall–Kier alpha value is -5.57. The molecule has 0 amide bonds. The number of hydrogen-bond donors (Lipinski definition) is 0. The fourth-order valence-corrected chi connectivity index (χ4v) is 6.56. The van der Waals surface area contributed by atoms with E-state index in [0.717, 1.165) is 78.0 Å². The van der Waals surface area contributed by atoms with Gasteiger partial charge in [0.25, 0.3) is 0 Å².